The molecule has 0 aliphatic heterocycles. The van der Waals surface area contributed by atoms with Gasteiger partial charge in [-0.3, -0.25) is 0 Å². The number of rotatable bonds is 7. The van der Waals surface area contributed by atoms with Crippen LogP contribution < -0.4 is 0 Å². The quantitative estimate of drug-likeness (QED) is 0.716. The Morgan fingerprint density at radius 2 is 1.71 bits per heavy atom. The zero-order valence-electron chi connectivity index (χ0n) is 11.2. The van der Waals surface area contributed by atoms with Crippen LogP contribution in [0.2, 0.25) is 0 Å². The zero-order chi connectivity index (χ0) is 12.7. The lowest BCUT2D eigenvalue weighted by molar-refractivity contribution is 0.208. The second-order valence-electron chi connectivity index (χ2n) is 4.68. The van der Waals surface area contributed by atoms with Crippen LogP contribution in [0.15, 0.2) is 28.7 Å². The van der Waals surface area contributed by atoms with E-state index in [4.69, 9.17) is 0 Å². The molecular formula is C15H24BrN. The molecule has 2 heteroatoms. The molecule has 96 valence electrons. The first-order valence-corrected chi connectivity index (χ1v) is 7.45. The fourth-order valence-electron chi connectivity index (χ4n) is 2.24. The van der Waals surface area contributed by atoms with Crippen LogP contribution in [0.5, 0.6) is 0 Å². The number of hydrogen-bond acceptors (Lipinski definition) is 1. The standard InChI is InChI=1S/C15H24BrN/c1-4-10-17(11-5-2)13(3)12-14-8-6-7-9-15(14)16/h6-9,13H,4-5,10-12H2,1-3H3. The third kappa shape index (κ3) is 4.81. The van der Waals surface area contributed by atoms with Crippen LogP contribution >= 0.6 is 15.9 Å². The van der Waals surface area contributed by atoms with Crippen molar-refractivity contribution in [2.45, 2.75) is 46.1 Å². The van der Waals surface area contributed by atoms with E-state index in [-0.39, 0.29) is 0 Å². The van der Waals surface area contributed by atoms with Crippen molar-refractivity contribution in [2.24, 2.45) is 0 Å². The summed E-state index contributed by atoms with van der Waals surface area (Å²) in [5, 5.41) is 0. The molecule has 1 aromatic rings. The normalized spacial score (nSPS) is 13.0. The maximum Gasteiger partial charge on any atom is 0.0207 e. The Labute approximate surface area is 114 Å². The van der Waals surface area contributed by atoms with Gasteiger partial charge in [0, 0.05) is 10.5 Å². The molecule has 0 N–H and O–H groups in total. The van der Waals surface area contributed by atoms with Crippen molar-refractivity contribution in [3.05, 3.63) is 34.3 Å². The number of nitrogens with zero attached hydrogens (tertiary/aromatic N) is 1. The summed E-state index contributed by atoms with van der Waals surface area (Å²) in [5.41, 5.74) is 1.41. The van der Waals surface area contributed by atoms with Crippen molar-refractivity contribution in [3.8, 4) is 0 Å². The van der Waals surface area contributed by atoms with E-state index in [1.165, 1.54) is 36.0 Å². The van der Waals surface area contributed by atoms with E-state index in [0.29, 0.717) is 6.04 Å². The molecule has 0 saturated carbocycles. The summed E-state index contributed by atoms with van der Waals surface area (Å²) >= 11 is 3.63. The highest BCUT2D eigenvalue weighted by Gasteiger charge is 2.13. The molecule has 0 amide bonds. The smallest absolute Gasteiger partial charge is 0.0207 e. The van der Waals surface area contributed by atoms with Crippen LogP contribution in [0, 0.1) is 0 Å². The summed E-state index contributed by atoms with van der Waals surface area (Å²) in [6.45, 7) is 9.27. The van der Waals surface area contributed by atoms with Gasteiger partial charge >= 0.3 is 0 Å². The minimum Gasteiger partial charge on any atom is -0.300 e. The van der Waals surface area contributed by atoms with Gasteiger partial charge < -0.3 is 4.90 Å². The molecule has 1 unspecified atom stereocenters. The molecule has 0 fully saturated rings. The van der Waals surface area contributed by atoms with Gasteiger partial charge in [-0.2, -0.15) is 0 Å². The molecule has 0 aliphatic carbocycles. The van der Waals surface area contributed by atoms with E-state index < -0.39 is 0 Å². The topological polar surface area (TPSA) is 3.24 Å². The molecule has 0 aromatic heterocycles. The molecule has 0 radical (unpaired) electrons. The monoisotopic (exact) mass is 297 g/mol. The van der Waals surface area contributed by atoms with Gasteiger partial charge in [0.2, 0.25) is 0 Å². The molecule has 17 heavy (non-hydrogen) atoms. The summed E-state index contributed by atoms with van der Waals surface area (Å²) in [5.74, 6) is 0. The maximum absolute atomic E-state index is 3.63. The van der Waals surface area contributed by atoms with Gasteiger partial charge in [0.25, 0.3) is 0 Å². The molecule has 1 atom stereocenters. The van der Waals surface area contributed by atoms with Gasteiger partial charge in [-0.1, -0.05) is 48.0 Å². The van der Waals surface area contributed by atoms with Crippen molar-refractivity contribution < 1.29 is 0 Å². The highest BCUT2D eigenvalue weighted by atomic mass is 79.9. The van der Waals surface area contributed by atoms with Crippen LogP contribution in [0.25, 0.3) is 0 Å². The molecule has 0 aliphatic rings. The van der Waals surface area contributed by atoms with Gasteiger partial charge in [0.05, 0.1) is 0 Å². The molecule has 0 heterocycles. The Hall–Kier alpha value is -0.340. The highest BCUT2D eigenvalue weighted by molar-refractivity contribution is 9.10. The molecule has 1 aromatic carbocycles. The Kier molecular flexibility index (Phi) is 6.83. The van der Waals surface area contributed by atoms with Crippen molar-refractivity contribution >= 4 is 15.9 Å². The van der Waals surface area contributed by atoms with Crippen molar-refractivity contribution in [1.82, 2.24) is 4.90 Å². The fourth-order valence-corrected chi connectivity index (χ4v) is 2.68. The van der Waals surface area contributed by atoms with Crippen LogP contribution in [0.3, 0.4) is 0 Å². The first kappa shape index (κ1) is 14.7. The Balaban J connectivity index is 2.62. The lowest BCUT2D eigenvalue weighted by Crippen LogP contribution is -2.36. The second-order valence-corrected chi connectivity index (χ2v) is 5.53. The fraction of sp³-hybridized carbons (Fsp3) is 0.600. The average molecular weight is 298 g/mol. The summed E-state index contributed by atoms with van der Waals surface area (Å²) in [6.07, 6.45) is 3.60. The van der Waals surface area contributed by atoms with Crippen molar-refractivity contribution in [3.63, 3.8) is 0 Å². The van der Waals surface area contributed by atoms with Gasteiger partial charge in [-0.15, -0.1) is 0 Å². The van der Waals surface area contributed by atoms with Gasteiger partial charge in [-0.05, 0) is 50.9 Å². The lowest BCUT2D eigenvalue weighted by atomic mass is 10.1. The highest BCUT2D eigenvalue weighted by Crippen LogP contribution is 2.19. The second kappa shape index (κ2) is 7.88. The molecular weight excluding hydrogens is 274 g/mol. The van der Waals surface area contributed by atoms with E-state index in [2.05, 4.69) is 65.9 Å². The molecule has 0 bridgehead atoms. The SMILES string of the molecule is CCCN(CCC)C(C)Cc1ccccc1Br. The summed E-state index contributed by atoms with van der Waals surface area (Å²) in [6, 6.07) is 9.17. The Morgan fingerprint density at radius 3 is 2.24 bits per heavy atom. The number of benzene rings is 1. The lowest BCUT2D eigenvalue weighted by Gasteiger charge is -2.28. The van der Waals surface area contributed by atoms with E-state index in [1.807, 2.05) is 0 Å². The Morgan fingerprint density at radius 1 is 1.12 bits per heavy atom. The van der Waals surface area contributed by atoms with E-state index in [9.17, 15) is 0 Å². The van der Waals surface area contributed by atoms with E-state index in [0.717, 1.165) is 6.42 Å². The first-order valence-electron chi connectivity index (χ1n) is 6.66. The molecule has 1 nitrogen and oxygen atoms in total. The first-order chi connectivity index (χ1) is 8.19. The summed E-state index contributed by atoms with van der Waals surface area (Å²) in [4.78, 5) is 2.60. The minimum absolute atomic E-state index is 0.619. The van der Waals surface area contributed by atoms with E-state index in [1.54, 1.807) is 0 Å². The predicted octanol–water partition coefficient (Wildman–Crippen LogP) is 4.50. The molecule has 0 spiro atoms. The predicted molar refractivity (Wildman–Crippen MR) is 79.5 cm³/mol. The van der Waals surface area contributed by atoms with E-state index >= 15 is 0 Å². The maximum atomic E-state index is 3.63. The summed E-state index contributed by atoms with van der Waals surface area (Å²) in [7, 11) is 0. The van der Waals surface area contributed by atoms with Gasteiger partial charge in [-0.25, -0.2) is 0 Å². The van der Waals surface area contributed by atoms with Crippen LogP contribution in [-0.4, -0.2) is 24.0 Å². The Bertz CT molecular complexity index is 318. The number of hydrogen-bond donors (Lipinski definition) is 0. The number of halogens is 1. The molecule has 1 rings (SSSR count). The minimum atomic E-state index is 0.619. The largest absolute Gasteiger partial charge is 0.300 e. The average Bonchev–Trinajstić information content (AvgIpc) is 2.32. The van der Waals surface area contributed by atoms with Crippen LogP contribution in [-0.2, 0) is 6.42 Å². The van der Waals surface area contributed by atoms with Gasteiger partial charge in [0.1, 0.15) is 0 Å². The van der Waals surface area contributed by atoms with Crippen molar-refractivity contribution in [1.29, 1.82) is 0 Å². The van der Waals surface area contributed by atoms with Crippen molar-refractivity contribution in [2.75, 3.05) is 13.1 Å². The van der Waals surface area contributed by atoms with Crippen LogP contribution in [0.4, 0.5) is 0 Å². The zero-order valence-corrected chi connectivity index (χ0v) is 12.8. The molecule has 0 saturated heterocycles. The summed E-state index contributed by atoms with van der Waals surface area (Å²) < 4.78 is 1.24. The van der Waals surface area contributed by atoms with Crippen LogP contribution in [0.1, 0.15) is 39.2 Å². The third-order valence-corrected chi connectivity index (χ3v) is 3.89. The van der Waals surface area contributed by atoms with Gasteiger partial charge in [0.15, 0.2) is 0 Å². The third-order valence-electron chi connectivity index (χ3n) is 3.12.